The minimum absolute atomic E-state index is 0.0741. The second-order valence-corrected chi connectivity index (χ2v) is 6.62. The standard InChI is InChI=1S/C13H12N4O2S2/c1-7-8(2)21-13(15-7)16-10(18)5-17-6-14-11-9(12(17)19)3-4-20-11/h3-4,6H,5H2,1-2H3,(H,15,16,18). The van der Waals surface area contributed by atoms with Gasteiger partial charge in [0, 0.05) is 4.88 Å². The molecule has 0 aromatic carbocycles. The highest BCUT2D eigenvalue weighted by Crippen LogP contribution is 2.21. The van der Waals surface area contributed by atoms with Crippen molar-refractivity contribution < 1.29 is 4.79 Å². The highest BCUT2D eigenvalue weighted by molar-refractivity contribution is 7.16. The quantitative estimate of drug-likeness (QED) is 0.802. The molecule has 108 valence electrons. The maximum atomic E-state index is 12.2. The highest BCUT2D eigenvalue weighted by Gasteiger charge is 2.11. The van der Waals surface area contributed by atoms with Crippen LogP contribution in [-0.2, 0) is 11.3 Å². The Kier molecular flexibility index (Phi) is 3.56. The van der Waals surface area contributed by atoms with Gasteiger partial charge >= 0.3 is 0 Å². The minimum Gasteiger partial charge on any atom is -0.300 e. The molecule has 0 aliphatic heterocycles. The van der Waals surface area contributed by atoms with E-state index in [4.69, 9.17) is 0 Å². The van der Waals surface area contributed by atoms with E-state index in [2.05, 4.69) is 15.3 Å². The fraction of sp³-hybridized carbons (Fsp3) is 0.231. The Hall–Kier alpha value is -2.06. The van der Waals surface area contributed by atoms with Crippen LogP contribution in [0.1, 0.15) is 10.6 Å². The SMILES string of the molecule is Cc1nc(NC(=O)Cn2cnc3sccc3c2=O)sc1C. The number of hydrogen-bond acceptors (Lipinski definition) is 6. The van der Waals surface area contributed by atoms with Gasteiger partial charge in [0.05, 0.1) is 17.4 Å². The van der Waals surface area contributed by atoms with E-state index in [1.165, 1.54) is 33.6 Å². The van der Waals surface area contributed by atoms with E-state index >= 15 is 0 Å². The molecule has 3 rings (SSSR count). The lowest BCUT2D eigenvalue weighted by atomic mass is 10.4. The number of carbonyl (C=O) groups is 1. The lowest BCUT2D eigenvalue weighted by Gasteiger charge is -2.04. The van der Waals surface area contributed by atoms with Crippen LogP contribution in [0.2, 0.25) is 0 Å². The van der Waals surface area contributed by atoms with Gasteiger partial charge in [0.15, 0.2) is 5.13 Å². The Morgan fingerprint density at radius 1 is 1.43 bits per heavy atom. The van der Waals surface area contributed by atoms with Crippen molar-refractivity contribution >= 4 is 43.9 Å². The van der Waals surface area contributed by atoms with Gasteiger partial charge in [0.2, 0.25) is 5.91 Å². The number of rotatable bonds is 3. The van der Waals surface area contributed by atoms with E-state index in [0.29, 0.717) is 15.3 Å². The molecule has 0 saturated carbocycles. The number of aryl methyl sites for hydroxylation is 2. The Morgan fingerprint density at radius 3 is 2.95 bits per heavy atom. The first-order valence-corrected chi connectivity index (χ1v) is 7.91. The average Bonchev–Trinajstić information content (AvgIpc) is 3.01. The third-order valence-electron chi connectivity index (χ3n) is 3.04. The van der Waals surface area contributed by atoms with Gasteiger partial charge in [-0.2, -0.15) is 0 Å². The van der Waals surface area contributed by atoms with Crippen LogP contribution in [0, 0.1) is 13.8 Å². The lowest BCUT2D eigenvalue weighted by molar-refractivity contribution is -0.116. The van der Waals surface area contributed by atoms with Gasteiger partial charge < -0.3 is 5.32 Å². The number of nitrogens with zero attached hydrogens (tertiary/aromatic N) is 3. The fourth-order valence-electron chi connectivity index (χ4n) is 1.85. The number of amides is 1. The van der Waals surface area contributed by atoms with Crippen molar-refractivity contribution in [3.8, 4) is 0 Å². The van der Waals surface area contributed by atoms with Gasteiger partial charge in [-0.25, -0.2) is 9.97 Å². The van der Waals surface area contributed by atoms with E-state index in [1.54, 1.807) is 6.07 Å². The van der Waals surface area contributed by atoms with Gasteiger partial charge in [-0.05, 0) is 25.3 Å². The van der Waals surface area contributed by atoms with Crippen molar-refractivity contribution in [1.82, 2.24) is 14.5 Å². The normalized spacial score (nSPS) is 11.0. The van der Waals surface area contributed by atoms with E-state index in [1.807, 2.05) is 19.2 Å². The molecule has 3 heterocycles. The molecule has 0 aliphatic carbocycles. The van der Waals surface area contributed by atoms with Gasteiger partial charge in [-0.15, -0.1) is 22.7 Å². The minimum atomic E-state index is -0.290. The zero-order chi connectivity index (χ0) is 15.0. The van der Waals surface area contributed by atoms with Crippen LogP contribution in [-0.4, -0.2) is 20.4 Å². The lowest BCUT2D eigenvalue weighted by Crippen LogP contribution is -2.27. The summed E-state index contributed by atoms with van der Waals surface area (Å²) in [5, 5.41) is 5.60. The number of carbonyl (C=O) groups excluding carboxylic acids is 1. The van der Waals surface area contributed by atoms with Gasteiger partial charge in [-0.1, -0.05) is 0 Å². The Bertz CT molecular complexity index is 858. The molecule has 0 radical (unpaired) electrons. The predicted molar refractivity (Wildman–Crippen MR) is 84.1 cm³/mol. The molecule has 8 heteroatoms. The molecule has 21 heavy (non-hydrogen) atoms. The van der Waals surface area contributed by atoms with Crippen LogP contribution < -0.4 is 10.9 Å². The van der Waals surface area contributed by atoms with Crippen LogP contribution in [0.3, 0.4) is 0 Å². The molecule has 0 saturated heterocycles. The van der Waals surface area contributed by atoms with Crippen molar-refractivity contribution in [3.63, 3.8) is 0 Å². The molecule has 0 spiro atoms. The fourth-order valence-corrected chi connectivity index (χ4v) is 3.40. The van der Waals surface area contributed by atoms with Crippen LogP contribution >= 0.6 is 22.7 Å². The smallest absolute Gasteiger partial charge is 0.262 e. The maximum absolute atomic E-state index is 12.2. The Morgan fingerprint density at radius 2 is 2.24 bits per heavy atom. The maximum Gasteiger partial charge on any atom is 0.262 e. The summed E-state index contributed by atoms with van der Waals surface area (Å²) in [6.45, 7) is 3.76. The molecule has 1 N–H and O–H groups in total. The summed E-state index contributed by atoms with van der Waals surface area (Å²) in [7, 11) is 0. The molecule has 0 bridgehead atoms. The van der Waals surface area contributed by atoms with E-state index in [0.717, 1.165) is 10.6 Å². The molecule has 0 aliphatic rings. The highest BCUT2D eigenvalue weighted by atomic mass is 32.1. The number of nitrogens with one attached hydrogen (secondary N) is 1. The molecular weight excluding hydrogens is 308 g/mol. The van der Waals surface area contributed by atoms with Crippen molar-refractivity contribution in [2.24, 2.45) is 0 Å². The second-order valence-electron chi connectivity index (χ2n) is 4.53. The monoisotopic (exact) mass is 320 g/mol. The molecule has 6 nitrogen and oxygen atoms in total. The zero-order valence-corrected chi connectivity index (χ0v) is 13.0. The number of thiophene rings is 1. The first kappa shape index (κ1) is 13.9. The largest absolute Gasteiger partial charge is 0.300 e. The first-order valence-electron chi connectivity index (χ1n) is 6.21. The molecular formula is C13H12N4O2S2. The summed E-state index contributed by atoms with van der Waals surface area (Å²) in [5.41, 5.74) is 0.691. The number of thiazole rings is 1. The molecule has 0 fully saturated rings. The summed E-state index contributed by atoms with van der Waals surface area (Å²) >= 11 is 2.82. The predicted octanol–water partition coefficient (Wildman–Crippen LogP) is 2.17. The third-order valence-corrected chi connectivity index (χ3v) is 4.85. The average molecular weight is 320 g/mol. The summed E-state index contributed by atoms with van der Waals surface area (Å²) in [6, 6.07) is 1.72. The summed E-state index contributed by atoms with van der Waals surface area (Å²) < 4.78 is 1.30. The Balaban J connectivity index is 1.80. The Labute approximate surface area is 128 Å². The van der Waals surface area contributed by atoms with E-state index < -0.39 is 0 Å². The van der Waals surface area contributed by atoms with Crippen molar-refractivity contribution in [3.05, 3.63) is 38.7 Å². The van der Waals surface area contributed by atoms with Crippen LogP contribution in [0.25, 0.3) is 10.2 Å². The van der Waals surface area contributed by atoms with Crippen LogP contribution in [0.15, 0.2) is 22.6 Å². The zero-order valence-electron chi connectivity index (χ0n) is 11.4. The first-order chi connectivity index (χ1) is 10.0. The van der Waals surface area contributed by atoms with Gasteiger partial charge in [0.1, 0.15) is 11.4 Å². The number of anilines is 1. The van der Waals surface area contributed by atoms with Gasteiger partial charge in [-0.3, -0.25) is 14.2 Å². The molecule has 1 amide bonds. The molecule has 3 aromatic rings. The third kappa shape index (κ3) is 2.72. The van der Waals surface area contributed by atoms with E-state index in [9.17, 15) is 9.59 Å². The second kappa shape index (κ2) is 5.38. The molecule has 0 unspecified atom stereocenters. The van der Waals surface area contributed by atoms with E-state index in [-0.39, 0.29) is 18.0 Å². The summed E-state index contributed by atoms with van der Waals surface area (Å²) in [4.78, 5) is 34.3. The molecule has 0 atom stereocenters. The van der Waals surface area contributed by atoms with Crippen molar-refractivity contribution in [1.29, 1.82) is 0 Å². The number of hydrogen-bond donors (Lipinski definition) is 1. The number of aromatic nitrogens is 3. The van der Waals surface area contributed by atoms with Gasteiger partial charge in [0.25, 0.3) is 5.56 Å². The summed E-state index contributed by atoms with van der Waals surface area (Å²) in [5.74, 6) is -0.290. The van der Waals surface area contributed by atoms with Crippen LogP contribution in [0.5, 0.6) is 0 Å². The molecule has 3 aromatic heterocycles. The van der Waals surface area contributed by atoms with Crippen LogP contribution in [0.4, 0.5) is 5.13 Å². The van der Waals surface area contributed by atoms with Crippen molar-refractivity contribution in [2.75, 3.05) is 5.32 Å². The summed E-state index contributed by atoms with van der Waals surface area (Å²) in [6.07, 6.45) is 1.40. The number of fused-ring (bicyclic) bond motifs is 1. The topological polar surface area (TPSA) is 76.9 Å². The van der Waals surface area contributed by atoms with Crippen molar-refractivity contribution in [2.45, 2.75) is 20.4 Å².